The Morgan fingerprint density at radius 1 is 1.25 bits per heavy atom. The minimum Gasteiger partial charge on any atom is -0.494 e. The summed E-state index contributed by atoms with van der Waals surface area (Å²) in [6.45, 7) is -0.163. The van der Waals surface area contributed by atoms with E-state index in [0.717, 1.165) is 11.0 Å². The Hall–Kier alpha value is -2.64. The number of carbonyl (C=O) groups is 3. The Labute approximate surface area is 137 Å². The summed E-state index contributed by atoms with van der Waals surface area (Å²) in [5.74, 6) is -4.16. The number of carboxylic acids is 2. The number of hydrogen-bond donors (Lipinski definition) is 2. The van der Waals surface area contributed by atoms with Crippen molar-refractivity contribution in [3.05, 3.63) is 29.6 Å². The van der Waals surface area contributed by atoms with Crippen LogP contribution < -0.4 is 4.74 Å². The largest absolute Gasteiger partial charge is 0.494 e. The second kappa shape index (κ2) is 7.29. The molecular weight excluding hydrogens is 321 g/mol. The fourth-order valence-corrected chi connectivity index (χ4v) is 2.80. The Bertz CT molecular complexity index is 662. The SMILES string of the molecule is COc1ccc(CC(=O)N2C[C@@H](C(=O)O)CC[C@H]2C(=O)O)cc1F. The monoisotopic (exact) mass is 339 g/mol. The van der Waals surface area contributed by atoms with Crippen molar-refractivity contribution in [2.45, 2.75) is 25.3 Å². The zero-order valence-electron chi connectivity index (χ0n) is 13.1. The topological polar surface area (TPSA) is 104 Å². The molecule has 1 saturated heterocycles. The highest BCUT2D eigenvalue weighted by atomic mass is 19.1. The summed E-state index contributed by atoms with van der Waals surface area (Å²) in [7, 11) is 1.32. The molecule has 1 amide bonds. The first-order valence-corrected chi connectivity index (χ1v) is 7.41. The number of likely N-dealkylation sites (tertiary alicyclic amines) is 1. The van der Waals surface area contributed by atoms with Gasteiger partial charge in [0.15, 0.2) is 11.6 Å². The van der Waals surface area contributed by atoms with E-state index < -0.39 is 35.6 Å². The number of carboxylic acid groups (broad SMARTS) is 2. The van der Waals surface area contributed by atoms with Crippen molar-refractivity contribution in [2.24, 2.45) is 5.92 Å². The summed E-state index contributed by atoms with van der Waals surface area (Å²) in [6.07, 6.45) is 0.0687. The summed E-state index contributed by atoms with van der Waals surface area (Å²) in [5.41, 5.74) is 0.361. The Morgan fingerprint density at radius 3 is 2.50 bits per heavy atom. The molecule has 1 fully saturated rings. The third-order valence-electron chi connectivity index (χ3n) is 4.11. The first-order chi connectivity index (χ1) is 11.3. The summed E-state index contributed by atoms with van der Waals surface area (Å²) < 4.78 is 18.5. The summed E-state index contributed by atoms with van der Waals surface area (Å²) in [5, 5.41) is 18.3. The van der Waals surface area contributed by atoms with Gasteiger partial charge in [-0.2, -0.15) is 0 Å². The summed E-state index contributed by atoms with van der Waals surface area (Å²) in [6, 6.07) is 2.97. The quantitative estimate of drug-likeness (QED) is 0.834. The van der Waals surface area contributed by atoms with Gasteiger partial charge in [-0.1, -0.05) is 6.07 Å². The summed E-state index contributed by atoms with van der Waals surface area (Å²) >= 11 is 0. The van der Waals surface area contributed by atoms with Crippen molar-refractivity contribution < 1.29 is 33.7 Å². The number of amides is 1. The average molecular weight is 339 g/mol. The van der Waals surface area contributed by atoms with Gasteiger partial charge in [-0.3, -0.25) is 9.59 Å². The van der Waals surface area contributed by atoms with Crippen LogP contribution in [0.1, 0.15) is 18.4 Å². The predicted octanol–water partition coefficient (Wildman–Crippen LogP) is 1.15. The fraction of sp³-hybridized carbons (Fsp3) is 0.438. The van der Waals surface area contributed by atoms with E-state index in [9.17, 15) is 23.9 Å². The maximum absolute atomic E-state index is 13.7. The van der Waals surface area contributed by atoms with Crippen LogP contribution in [0.4, 0.5) is 4.39 Å². The molecule has 0 radical (unpaired) electrons. The van der Waals surface area contributed by atoms with Gasteiger partial charge in [0.2, 0.25) is 5.91 Å². The second-order valence-electron chi connectivity index (χ2n) is 5.66. The lowest BCUT2D eigenvalue weighted by Gasteiger charge is -2.36. The Balaban J connectivity index is 2.16. The van der Waals surface area contributed by atoms with Crippen molar-refractivity contribution in [3.63, 3.8) is 0 Å². The molecule has 1 aliphatic rings. The van der Waals surface area contributed by atoms with Crippen LogP contribution in [-0.2, 0) is 20.8 Å². The number of nitrogens with zero attached hydrogens (tertiary/aromatic N) is 1. The lowest BCUT2D eigenvalue weighted by Crippen LogP contribution is -2.52. The molecule has 2 N–H and O–H groups in total. The third kappa shape index (κ3) is 3.81. The zero-order valence-corrected chi connectivity index (χ0v) is 13.1. The van der Waals surface area contributed by atoms with Crippen molar-refractivity contribution in [1.82, 2.24) is 4.90 Å². The van der Waals surface area contributed by atoms with E-state index in [0.29, 0.717) is 5.56 Å². The number of hydrogen-bond acceptors (Lipinski definition) is 4. The minimum absolute atomic E-state index is 0.0403. The van der Waals surface area contributed by atoms with Crippen LogP contribution in [0.2, 0.25) is 0 Å². The molecule has 1 heterocycles. The van der Waals surface area contributed by atoms with E-state index in [1.54, 1.807) is 0 Å². The van der Waals surface area contributed by atoms with Gasteiger partial charge >= 0.3 is 11.9 Å². The number of benzene rings is 1. The van der Waals surface area contributed by atoms with Gasteiger partial charge in [-0.25, -0.2) is 9.18 Å². The minimum atomic E-state index is -1.17. The van der Waals surface area contributed by atoms with Crippen LogP contribution in [0.3, 0.4) is 0 Å². The number of rotatable bonds is 5. The molecular formula is C16H18FNO6. The molecule has 1 aliphatic heterocycles. The van der Waals surface area contributed by atoms with Crippen molar-refractivity contribution >= 4 is 17.8 Å². The molecule has 0 unspecified atom stereocenters. The third-order valence-corrected chi connectivity index (χ3v) is 4.11. The zero-order chi connectivity index (χ0) is 17.9. The number of methoxy groups -OCH3 is 1. The maximum Gasteiger partial charge on any atom is 0.326 e. The van der Waals surface area contributed by atoms with Gasteiger partial charge in [-0.15, -0.1) is 0 Å². The van der Waals surface area contributed by atoms with Crippen LogP contribution >= 0.6 is 0 Å². The van der Waals surface area contributed by atoms with Crippen molar-refractivity contribution in [1.29, 1.82) is 0 Å². The molecule has 2 rings (SSSR count). The van der Waals surface area contributed by atoms with Crippen molar-refractivity contribution in [2.75, 3.05) is 13.7 Å². The number of carbonyl (C=O) groups excluding carboxylic acids is 1. The predicted molar refractivity (Wildman–Crippen MR) is 80.2 cm³/mol. The van der Waals surface area contributed by atoms with Crippen LogP contribution in [0, 0.1) is 11.7 Å². The molecule has 0 saturated carbocycles. The normalized spacial score (nSPS) is 20.5. The molecule has 0 aromatic heterocycles. The van der Waals surface area contributed by atoms with Crippen LogP contribution in [-0.4, -0.2) is 52.7 Å². The van der Waals surface area contributed by atoms with Gasteiger partial charge in [0, 0.05) is 6.54 Å². The highest BCUT2D eigenvalue weighted by Crippen LogP contribution is 2.24. The highest BCUT2D eigenvalue weighted by Gasteiger charge is 2.38. The first-order valence-electron chi connectivity index (χ1n) is 7.41. The lowest BCUT2D eigenvalue weighted by molar-refractivity contribution is -0.157. The molecule has 7 nitrogen and oxygen atoms in total. The number of ether oxygens (including phenoxy) is 1. The van der Waals surface area contributed by atoms with E-state index in [1.807, 2.05) is 0 Å². The van der Waals surface area contributed by atoms with Crippen LogP contribution in [0.5, 0.6) is 5.75 Å². The Kier molecular flexibility index (Phi) is 5.38. The molecule has 24 heavy (non-hydrogen) atoms. The van der Waals surface area contributed by atoms with Crippen molar-refractivity contribution in [3.8, 4) is 5.75 Å². The van der Waals surface area contributed by atoms with Gasteiger partial charge in [-0.05, 0) is 30.5 Å². The molecule has 1 aromatic carbocycles. The van der Waals surface area contributed by atoms with Gasteiger partial charge in [0.1, 0.15) is 6.04 Å². The number of halogens is 1. The standard InChI is InChI=1S/C16H18FNO6/c1-24-13-5-2-9(6-11(13)17)7-14(19)18-8-10(15(20)21)3-4-12(18)16(22)23/h2,5-6,10,12H,3-4,7-8H2,1H3,(H,20,21)(H,22,23)/t10-,12-/m0/s1. The number of piperidine rings is 1. The van der Waals surface area contributed by atoms with E-state index in [1.165, 1.54) is 19.2 Å². The van der Waals surface area contributed by atoms with Gasteiger partial charge in [0.05, 0.1) is 19.4 Å². The smallest absolute Gasteiger partial charge is 0.326 e. The first kappa shape index (κ1) is 17.7. The van der Waals surface area contributed by atoms with Gasteiger partial charge < -0.3 is 19.8 Å². The molecule has 1 aromatic rings. The van der Waals surface area contributed by atoms with E-state index in [-0.39, 0.29) is 31.6 Å². The molecule has 0 aliphatic carbocycles. The molecule has 2 atom stereocenters. The molecule has 130 valence electrons. The van der Waals surface area contributed by atoms with Crippen LogP contribution in [0.15, 0.2) is 18.2 Å². The van der Waals surface area contributed by atoms with E-state index in [2.05, 4.69) is 0 Å². The van der Waals surface area contributed by atoms with E-state index >= 15 is 0 Å². The molecule has 8 heteroatoms. The second-order valence-corrected chi connectivity index (χ2v) is 5.66. The maximum atomic E-state index is 13.7. The lowest BCUT2D eigenvalue weighted by atomic mass is 9.92. The van der Waals surface area contributed by atoms with E-state index in [4.69, 9.17) is 9.84 Å². The fourth-order valence-electron chi connectivity index (χ4n) is 2.80. The molecule has 0 spiro atoms. The van der Waals surface area contributed by atoms with Gasteiger partial charge in [0.25, 0.3) is 0 Å². The molecule has 0 bridgehead atoms. The summed E-state index contributed by atoms with van der Waals surface area (Å²) in [4.78, 5) is 35.9. The highest BCUT2D eigenvalue weighted by molar-refractivity contribution is 5.86. The average Bonchev–Trinajstić information content (AvgIpc) is 2.54. The Morgan fingerprint density at radius 2 is 1.96 bits per heavy atom. The van der Waals surface area contributed by atoms with Crippen LogP contribution in [0.25, 0.3) is 0 Å². The number of aliphatic carboxylic acids is 2.